The fraction of sp³-hybridized carbons (Fsp3) is 0.571. The van der Waals surface area contributed by atoms with Crippen LogP contribution in [0, 0.1) is 0 Å². The van der Waals surface area contributed by atoms with E-state index in [1.807, 2.05) is 0 Å². The van der Waals surface area contributed by atoms with Crippen LogP contribution in [0.5, 0.6) is 0 Å². The minimum atomic E-state index is 0.254. The van der Waals surface area contributed by atoms with Crippen LogP contribution in [-0.4, -0.2) is 6.54 Å². The monoisotopic (exact) mass is 203 g/mol. The average molecular weight is 203 g/mol. The van der Waals surface area contributed by atoms with E-state index in [2.05, 4.69) is 51.2 Å². The summed E-state index contributed by atoms with van der Waals surface area (Å²) in [4.78, 5) is 0. The molecular weight excluding hydrogens is 182 g/mol. The molecular formula is C14H21N. The summed E-state index contributed by atoms with van der Waals surface area (Å²) in [7, 11) is 0. The van der Waals surface area contributed by atoms with Crippen LogP contribution in [0.1, 0.15) is 50.3 Å². The lowest BCUT2D eigenvalue weighted by Gasteiger charge is -2.30. The van der Waals surface area contributed by atoms with Gasteiger partial charge in [0.15, 0.2) is 0 Å². The number of hydrogen-bond acceptors (Lipinski definition) is 1. The first kappa shape index (κ1) is 10.7. The topological polar surface area (TPSA) is 12.0 Å². The van der Waals surface area contributed by atoms with Crippen LogP contribution in [0.25, 0.3) is 0 Å². The van der Waals surface area contributed by atoms with Crippen molar-refractivity contribution in [2.24, 2.45) is 0 Å². The number of nitrogens with one attached hydrogen (secondary N) is 1. The number of hydrogen-bond donors (Lipinski definition) is 1. The summed E-state index contributed by atoms with van der Waals surface area (Å²) in [5.74, 6) is 0.649. The van der Waals surface area contributed by atoms with Gasteiger partial charge >= 0.3 is 0 Å². The third-order valence-electron chi connectivity index (χ3n) is 3.30. The Balaban J connectivity index is 2.54. The van der Waals surface area contributed by atoms with E-state index in [1.165, 1.54) is 11.1 Å². The van der Waals surface area contributed by atoms with Gasteiger partial charge in [0.05, 0.1) is 0 Å². The van der Waals surface area contributed by atoms with Crippen molar-refractivity contribution < 1.29 is 0 Å². The van der Waals surface area contributed by atoms with Gasteiger partial charge < -0.3 is 5.32 Å². The summed E-state index contributed by atoms with van der Waals surface area (Å²) in [6.45, 7) is 11.3. The summed E-state index contributed by atoms with van der Waals surface area (Å²) < 4.78 is 0. The molecule has 0 amide bonds. The third kappa shape index (κ3) is 1.93. The maximum Gasteiger partial charge on any atom is 0.0211 e. The zero-order valence-electron chi connectivity index (χ0n) is 10.2. The molecule has 2 rings (SSSR count). The van der Waals surface area contributed by atoms with Crippen molar-refractivity contribution in [3.05, 3.63) is 34.9 Å². The maximum atomic E-state index is 3.50. The summed E-state index contributed by atoms with van der Waals surface area (Å²) in [6.07, 6.45) is 0. The summed E-state index contributed by atoms with van der Waals surface area (Å²) in [6, 6.07) is 6.77. The lowest BCUT2D eigenvalue weighted by Crippen LogP contribution is -2.29. The highest BCUT2D eigenvalue weighted by Crippen LogP contribution is 2.32. The molecule has 0 saturated carbocycles. The molecule has 1 heterocycles. The molecule has 1 atom stereocenters. The van der Waals surface area contributed by atoms with E-state index in [4.69, 9.17) is 0 Å². The molecule has 15 heavy (non-hydrogen) atoms. The highest BCUT2D eigenvalue weighted by molar-refractivity contribution is 5.42. The largest absolute Gasteiger partial charge is 0.312 e. The van der Waals surface area contributed by atoms with Gasteiger partial charge in [-0.1, -0.05) is 45.9 Å². The number of fused-ring (bicyclic) bond motifs is 1. The first-order valence-corrected chi connectivity index (χ1v) is 5.83. The van der Waals surface area contributed by atoms with Gasteiger partial charge in [-0.15, -0.1) is 0 Å². The van der Waals surface area contributed by atoms with Gasteiger partial charge in [0.25, 0.3) is 0 Å². The molecule has 0 bridgehead atoms. The lowest BCUT2D eigenvalue weighted by molar-refractivity contribution is 0.533. The van der Waals surface area contributed by atoms with E-state index in [0.29, 0.717) is 5.92 Å². The van der Waals surface area contributed by atoms with Gasteiger partial charge in [-0.05, 0) is 28.0 Å². The highest BCUT2D eigenvalue weighted by atomic mass is 14.9. The van der Waals surface area contributed by atoms with E-state index >= 15 is 0 Å². The normalized spacial score (nSPS) is 21.2. The van der Waals surface area contributed by atoms with E-state index < -0.39 is 0 Å². The van der Waals surface area contributed by atoms with Gasteiger partial charge in [-0.2, -0.15) is 0 Å². The minimum absolute atomic E-state index is 0.254. The van der Waals surface area contributed by atoms with Crippen molar-refractivity contribution >= 4 is 0 Å². The second-order valence-electron chi connectivity index (χ2n) is 5.66. The zero-order chi connectivity index (χ0) is 11.1. The number of rotatable bonds is 0. The molecule has 0 radical (unpaired) electrons. The van der Waals surface area contributed by atoms with Crippen LogP contribution in [0.2, 0.25) is 0 Å². The summed E-state index contributed by atoms with van der Waals surface area (Å²) in [5, 5.41) is 3.50. The highest BCUT2D eigenvalue weighted by Gasteiger charge is 2.23. The first-order chi connectivity index (χ1) is 7.00. The molecule has 0 aliphatic carbocycles. The molecule has 0 unspecified atom stereocenters. The van der Waals surface area contributed by atoms with Gasteiger partial charge in [-0.3, -0.25) is 0 Å². The third-order valence-corrected chi connectivity index (χ3v) is 3.30. The lowest BCUT2D eigenvalue weighted by atomic mass is 9.79. The van der Waals surface area contributed by atoms with Gasteiger partial charge in [0.1, 0.15) is 0 Å². The van der Waals surface area contributed by atoms with Gasteiger partial charge in [0.2, 0.25) is 0 Å². The molecule has 0 saturated heterocycles. The van der Waals surface area contributed by atoms with E-state index in [1.54, 1.807) is 5.56 Å². The van der Waals surface area contributed by atoms with Gasteiger partial charge in [0, 0.05) is 13.1 Å². The molecule has 1 heteroatoms. The summed E-state index contributed by atoms with van der Waals surface area (Å²) in [5.41, 5.74) is 4.83. The Labute approximate surface area is 92.9 Å². The Morgan fingerprint density at radius 1 is 1.27 bits per heavy atom. The van der Waals surface area contributed by atoms with Crippen LogP contribution in [-0.2, 0) is 12.0 Å². The second kappa shape index (κ2) is 3.64. The molecule has 0 spiro atoms. The summed E-state index contributed by atoms with van der Waals surface area (Å²) >= 11 is 0. The SMILES string of the molecule is C[C@@H]1CNCc2c1cccc2C(C)(C)C. The Kier molecular flexibility index (Phi) is 2.59. The van der Waals surface area contributed by atoms with E-state index in [0.717, 1.165) is 13.1 Å². The van der Waals surface area contributed by atoms with Crippen molar-refractivity contribution in [1.82, 2.24) is 5.32 Å². The molecule has 82 valence electrons. The van der Waals surface area contributed by atoms with Crippen LogP contribution in [0.4, 0.5) is 0 Å². The minimum Gasteiger partial charge on any atom is -0.312 e. The quantitative estimate of drug-likeness (QED) is 0.683. The molecule has 0 aromatic heterocycles. The maximum absolute atomic E-state index is 3.50. The van der Waals surface area contributed by atoms with E-state index in [-0.39, 0.29) is 5.41 Å². The van der Waals surface area contributed by atoms with Crippen molar-refractivity contribution in [3.63, 3.8) is 0 Å². The second-order valence-corrected chi connectivity index (χ2v) is 5.66. The van der Waals surface area contributed by atoms with Crippen molar-refractivity contribution in [2.75, 3.05) is 6.54 Å². The number of benzene rings is 1. The molecule has 1 aromatic carbocycles. The Morgan fingerprint density at radius 3 is 2.67 bits per heavy atom. The van der Waals surface area contributed by atoms with Gasteiger partial charge in [-0.25, -0.2) is 0 Å². The Bertz CT molecular complexity index is 360. The fourth-order valence-electron chi connectivity index (χ4n) is 2.49. The van der Waals surface area contributed by atoms with Crippen molar-refractivity contribution in [2.45, 2.75) is 45.6 Å². The average Bonchev–Trinajstić information content (AvgIpc) is 2.16. The van der Waals surface area contributed by atoms with Crippen LogP contribution in [0.15, 0.2) is 18.2 Å². The molecule has 1 nitrogen and oxygen atoms in total. The first-order valence-electron chi connectivity index (χ1n) is 5.83. The van der Waals surface area contributed by atoms with Crippen molar-refractivity contribution in [1.29, 1.82) is 0 Å². The molecule has 1 N–H and O–H groups in total. The van der Waals surface area contributed by atoms with Crippen molar-refractivity contribution in [3.8, 4) is 0 Å². The van der Waals surface area contributed by atoms with Crippen LogP contribution < -0.4 is 5.32 Å². The predicted octanol–water partition coefficient (Wildman–Crippen LogP) is 3.19. The Morgan fingerprint density at radius 2 is 2.00 bits per heavy atom. The molecule has 1 aromatic rings. The fourth-order valence-corrected chi connectivity index (χ4v) is 2.49. The molecule has 1 aliphatic rings. The predicted molar refractivity (Wildman–Crippen MR) is 65.3 cm³/mol. The van der Waals surface area contributed by atoms with E-state index in [9.17, 15) is 0 Å². The molecule has 1 aliphatic heterocycles. The zero-order valence-corrected chi connectivity index (χ0v) is 10.2. The Hall–Kier alpha value is -0.820. The standard InChI is InChI=1S/C14H21N/c1-10-8-15-9-12-11(10)6-5-7-13(12)14(2,3)4/h5-7,10,15H,8-9H2,1-4H3/t10-/m1/s1. The molecule has 0 fully saturated rings. The van der Waals surface area contributed by atoms with Crippen LogP contribution in [0.3, 0.4) is 0 Å². The van der Waals surface area contributed by atoms with Crippen LogP contribution >= 0.6 is 0 Å². The smallest absolute Gasteiger partial charge is 0.0211 e.